The van der Waals surface area contributed by atoms with E-state index in [-0.39, 0.29) is 5.91 Å². The molecule has 4 heteroatoms. The van der Waals surface area contributed by atoms with Gasteiger partial charge < -0.3 is 11.1 Å². The molecule has 0 spiro atoms. The molecule has 1 aromatic rings. The minimum atomic E-state index is 0.0368. The highest BCUT2D eigenvalue weighted by molar-refractivity contribution is 5.78. The van der Waals surface area contributed by atoms with Crippen LogP contribution in [0.1, 0.15) is 25.5 Å². The van der Waals surface area contributed by atoms with E-state index in [9.17, 15) is 4.79 Å². The van der Waals surface area contributed by atoms with Crippen LogP contribution in [0.25, 0.3) is 0 Å². The summed E-state index contributed by atoms with van der Waals surface area (Å²) in [4.78, 5) is 15.8. The Morgan fingerprint density at radius 2 is 2.35 bits per heavy atom. The Morgan fingerprint density at radius 1 is 1.59 bits per heavy atom. The number of nitrogen functional groups attached to an aromatic ring is 1. The maximum absolute atomic E-state index is 11.7. The van der Waals surface area contributed by atoms with Gasteiger partial charge in [0.1, 0.15) is 0 Å². The largest absolute Gasteiger partial charge is 0.397 e. The SMILES string of the molecule is CC(CNC(=O)Cc1ccc(N)cn1)C1CC1. The van der Waals surface area contributed by atoms with Gasteiger partial charge >= 0.3 is 0 Å². The van der Waals surface area contributed by atoms with Gasteiger partial charge in [0.15, 0.2) is 0 Å². The smallest absolute Gasteiger partial charge is 0.226 e. The lowest BCUT2D eigenvalue weighted by molar-refractivity contribution is -0.120. The van der Waals surface area contributed by atoms with E-state index in [0.717, 1.165) is 18.2 Å². The molecule has 1 aromatic heterocycles. The van der Waals surface area contributed by atoms with E-state index in [1.165, 1.54) is 12.8 Å². The first-order chi connectivity index (χ1) is 8.15. The highest BCUT2D eigenvalue weighted by Gasteiger charge is 2.27. The van der Waals surface area contributed by atoms with Crippen LogP contribution in [0.4, 0.5) is 5.69 Å². The van der Waals surface area contributed by atoms with E-state index in [4.69, 9.17) is 5.73 Å². The van der Waals surface area contributed by atoms with Crippen molar-refractivity contribution in [2.75, 3.05) is 12.3 Å². The van der Waals surface area contributed by atoms with Crippen LogP contribution >= 0.6 is 0 Å². The summed E-state index contributed by atoms with van der Waals surface area (Å²) < 4.78 is 0. The Bertz CT molecular complexity index is 384. The van der Waals surface area contributed by atoms with E-state index >= 15 is 0 Å². The molecule has 1 unspecified atom stereocenters. The molecule has 1 fully saturated rings. The van der Waals surface area contributed by atoms with Gasteiger partial charge in [0.2, 0.25) is 5.91 Å². The van der Waals surface area contributed by atoms with Crippen LogP contribution in [0, 0.1) is 11.8 Å². The number of pyridine rings is 1. The Kier molecular flexibility index (Phi) is 3.61. The summed E-state index contributed by atoms with van der Waals surface area (Å²) in [5.41, 5.74) is 6.91. The van der Waals surface area contributed by atoms with Crippen LogP contribution in [0.3, 0.4) is 0 Å². The Morgan fingerprint density at radius 3 is 2.94 bits per heavy atom. The van der Waals surface area contributed by atoms with Crippen molar-refractivity contribution in [3.05, 3.63) is 24.0 Å². The van der Waals surface area contributed by atoms with Crippen molar-refractivity contribution in [3.8, 4) is 0 Å². The highest BCUT2D eigenvalue weighted by Crippen LogP contribution is 2.35. The van der Waals surface area contributed by atoms with Crippen molar-refractivity contribution in [2.45, 2.75) is 26.2 Å². The van der Waals surface area contributed by atoms with E-state index in [0.29, 0.717) is 18.0 Å². The topological polar surface area (TPSA) is 68.0 Å². The summed E-state index contributed by atoms with van der Waals surface area (Å²) in [5, 5.41) is 2.96. The van der Waals surface area contributed by atoms with Crippen molar-refractivity contribution in [1.82, 2.24) is 10.3 Å². The lowest BCUT2D eigenvalue weighted by atomic mass is 10.1. The number of nitrogens with zero attached hydrogens (tertiary/aromatic N) is 1. The minimum absolute atomic E-state index is 0.0368. The first kappa shape index (κ1) is 11.9. The van der Waals surface area contributed by atoms with E-state index < -0.39 is 0 Å². The maximum atomic E-state index is 11.7. The summed E-state index contributed by atoms with van der Waals surface area (Å²) in [6, 6.07) is 3.56. The first-order valence-corrected chi connectivity index (χ1v) is 6.12. The van der Waals surface area contributed by atoms with Gasteiger partial charge in [0.25, 0.3) is 0 Å². The molecule has 1 heterocycles. The zero-order valence-corrected chi connectivity index (χ0v) is 10.1. The number of rotatable bonds is 5. The Labute approximate surface area is 102 Å². The zero-order valence-electron chi connectivity index (χ0n) is 10.1. The monoisotopic (exact) mass is 233 g/mol. The molecule has 4 nitrogen and oxygen atoms in total. The normalized spacial score (nSPS) is 16.5. The number of amides is 1. The van der Waals surface area contributed by atoms with Crippen molar-refractivity contribution < 1.29 is 4.79 Å². The molecule has 0 radical (unpaired) electrons. The molecular formula is C13H19N3O. The van der Waals surface area contributed by atoms with Gasteiger partial charge in [-0.15, -0.1) is 0 Å². The standard InChI is InChI=1S/C13H19N3O/c1-9(10-2-3-10)7-16-13(17)6-12-5-4-11(14)8-15-12/h4-5,8-10H,2-3,6-7,14H2,1H3,(H,16,17). The number of aromatic nitrogens is 1. The highest BCUT2D eigenvalue weighted by atomic mass is 16.1. The predicted octanol–water partition coefficient (Wildman–Crippen LogP) is 1.37. The molecule has 3 N–H and O–H groups in total. The zero-order chi connectivity index (χ0) is 12.3. The van der Waals surface area contributed by atoms with Crippen LogP contribution in [-0.4, -0.2) is 17.4 Å². The number of nitrogens with two attached hydrogens (primary N) is 1. The number of carbonyl (C=O) groups excluding carboxylic acids is 1. The van der Waals surface area contributed by atoms with Crippen LogP contribution in [0.15, 0.2) is 18.3 Å². The third-order valence-corrected chi connectivity index (χ3v) is 3.24. The number of carbonyl (C=O) groups is 1. The maximum Gasteiger partial charge on any atom is 0.226 e. The van der Waals surface area contributed by atoms with Crippen LogP contribution in [0.2, 0.25) is 0 Å². The number of hydrogen-bond acceptors (Lipinski definition) is 3. The molecule has 1 atom stereocenters. The number of nitrogens with one attached hydrogen (secondary N) is 1. The van der Waals surface area contributed by atoms with Gasteiger partial charge in [-0.1, -0.05) is 6.92 Å². The van der Waals surface area contributed by atoms with Gasteiger partial charge in [-0.2, -0.15) is 0 Å². The van der Waals surface area contributed by atoms with E-state index in [1.54, 1.807) is 18.3 Å². The second-order valence-corrected chi connectivity index (χ2v) is 4.88. The summed E-state index contributed by atoms with van der Waals surface area (Å²) in [7, 11) is 0. The Balaban J connectivity index is 1.74. The quantitative estimate of drug-likeness (QED) is 0.807. The Hall–Kier alpha value is -1.58. The first-order valence-electron chi connectivity index (χ1n) is 6.12. The molecule has 1 aliphatic rings. The fourth-order valence-electron chi connectivity index (χ4n) is 1.87. The molecule has 92 valence electrons. The molecule has 17 heavy (non-hydrogen) atoms. The fourth-order valence-corrected chi connectivity index (χ4v) is 1.87. The summed E-state index contributed by atoms with van der Waals surface area (Å²) in [6.45, 7) is 2.97. The molecule has 1 saturated carbocycles. The second kappa shape index (κ2) is 5.17. The minimum Gasteiger partial charge on any atom is -0.397 e. The van der Waals surface area contributed by atoms with Crippen LogP contribution in [0.5, 0.6) is 0 Å². The lowest BCUT2D eigenvalue weighted by Crippen LogP contribution is -2.30. The molecule has 2 rings (SSSR count). The van der Waals surface area contributed by atoms with E-state index in [2.05, 4.69) is 17.2 Å². The summed E-state index contributed by atoms with van der Waals surface area (Å²) in [5.74, 6) is 1.46. The molecular weight excluding hydrogens is 214 g/mol. The average molecular weight is 233 g/mol. The van der Waals surface area contributed by atoms with Crippen molar-refractivity contribution >= 4 is 11.6 Å². The summed E-state index contributed by atoms with van der Waals surface area (Å²) in [6.07, 6.45) is 4.54. The average Bonchev–Trinajstić information content (AvgIpc) is 3.13. The summed E-state index contributed by atoms with van der Waals surface area (Å²) >= 11 is 0. The third kappa shape index (κ3) is 3.73. The van der Waals surface area contributed by atoms with Crippen molar-refractivity contribution in [1.29, 1.82) is 0 Å². The number of anilines is 1. The van der Waals surface area contributed by atoms with Crippen LogP contribution < -0.4 is 11.1 Å². The molecule has 0 bridgehead atoms. The lowest BCUT2D eigenvalue weighted by Gasteiger charge is -2.11. The number of hydrogen-bond donors (Lipinski definition) is 2. The molecule has 0 aromatic carbocycles. The van der Waals surface area contributed by atoms with Gasteiger partial charge in [0.05, 0.1) is 18.3 Å². The van der Waals surface area contributed by atoms with Gasteiger partial charge in [-0.25, -0.2) is 0 Å². The molecule has 1 amide bonds. The molecule has 1 aliphatic carbocycles. The van der Waals surface area contributed by atoms with Gasteiger partial charge in [-0.05, 0) is 36.8 Å². The van der Waals surface area contributed by atoms with Gasteiger partial charge in [-0.3, -0.25) is 9.78 Å². The molecule has 0 saturated heterocycles. The fraction of sp³-hybridized carbons (Fsp3) is 0.538. The van der Waals surface area contributed by atoms with Crippen molar-refractivity contribution in [2.24, 2.45) is 11.8 Å². The predicted molar refractivity (Wildman–Crippen MR) is 67.3 cm³/mol. The van der Waals surface area contributed by atoms with E-state index in [1.807, 2.05) is 0 Å². The van der Waals surface area contributed by atoms with Crippen molar-refractivity contribution in [3.63, 3.8) is 0 Å². The molecule has 0 aliphatic heterocycles. The third-order valence-electron chi connectivity index (χ3n) is 3.24. The second-order valence-electron chi connectivity index (χ2n) is 4.88. The van der Waals surface area contributed by atoms with Crippen LogP contribution in [-0.2, 0) is 11.2 Å². The van der Waals surface area contributed by atoms with Gasteiger partial charge in [0, 0.05) is 12.2 Å².